The number of hydrogen-bond acceptors (Lipinski definition) is 2. The van der Waals surface area contributed by atoms with Crippen LogP contribution in [0.2, 0.25) is 0 Å². The Balaban J connectivity index is 2.17. The predicted molar refractivity (Wildman–Crippen MR) is 111 cm³/mol. The summed E-state index contributed by atoms with van der Waals surface area (Å²) in [6, 6.07) is 29.8. The van der Waals surface area contributed by atoms with Crippen molar-refractivity contribution < 1.29 is 4.79 Å². The summed E-state index contributed by atoms with van der Waals surface area (Å²) in [4.78, 5) is 11.7. The molecule has 0 atom stereocenters. The van der Waals surface area contributed by atoms with Crippen LogP contribution >= 0.6 is 0 Å². The third-order valence-corrected chi connectivity index (χ3v) is 4.65. The molecule has 28 heavy (non-hydrogen) atoms. The molecule has 0 spiro atoms. The molecule has 0 saturated heterocycles. The first-order valence-electron chi connectivity index (χ1n) is 8.86. The van der Waals surface area contributed by atoms with E-state index in [4.69, 9.17) is 5.73 Å². The van der Waals surface area contributed by atoms with Crippen LogP contribution in [0.15, 0.2) is 90.5 Å². The van der Waals surface area contributed by atoms with Crippen molar-refractivity contribution in [2.75, 3.05) is 0 Å². The SMILES string of the molecule is N#C/C(=C\c1c(-c2ccccc2)n(-c2ccccc2)c2ccccc12)C(N)=O. The van der Waals surface area contributed by atoms with Gasteiger partial charge in [0, 0.05) is 16.6 Å². The van der Waals surface area contributed by atoms with Crippen molar-refractivity contribution in [2.24, 2.45) is 5.73 Å². The lowest BCUT2D eigenvalue weighted by atomic mass is 10.0. The number of fused-ring (bicyclic) bond motifs is 1. The first-order valence-corrected chi connectivity index (χ1v) is 8.86. The van der Waals surface area contributed by atoms with Crippen molar-refractivity contribution in [1.29, 1.82) is 5.26 Å². The van der Waals surface area contributed by atoms with E-state index in [9.17, 15) is 10.1 Å². The number of nitriles is 1. The molecule has 134 valence electrons. The highest BCUT2D eigenvalue weighted by atomic mass is 16.1. The number of carbonyl (C=O) groups is 1. The van der Waals surface area contributed by atoms with Gasteiger partial charge in [0.05, 0.1) is 11.2 Å². The van der Waals surface area contributed by atoms with Crippen molar-refractivity contribution in [3.05, 3.63) is 96.1 Å². The molecule has 0 unspecified atom stereocenters. The zero-order valence-electron chi connectivity index (χ0n) is 15.0. The molecule has 0 aliphatic rings. The average molecular weight is 363 g/mol. The molecule has 1 amide bonds. The van der Waals surface area contributed by atoms with Gasteiger partial charge in [0.15, 0.2) is 0 Å². The number of nitrogens with zero attached hydrogens (tertiary/aromatic N) is 2. The Labute approximate surface area is 162 Å². The van der Waals surface area contributed by atoms with Crippen LogP contribution in [-0.4, -0.2) is 10.5 Å². The minimum atomic E-state index is -0.738. The van der Waals surface area contributed by atoms with Crippen LogP contribution in [0.3, 0.4) is 0 Å². The molecule has 4 rings (SSSR count). The molecule has 0 radical (unpaired) electrons. The van der Waals surface area contributed by atoms with Crippen LogP contribution in [0.4, 0.5) is 0 Å². The topological polar surface area (TPSA) is 71.8 Å². The standard InChI is InChI=1S/C24H17N3O/c25-16-18(24(26)28)15-21-20-13-7-8-14-22(20)27(19-11-5-2-6-12-19)23(21)17-9-3-1-4-10-17/h1-15H,(H2,26,28)/b18-15+. The Morgan fingerprint density at radius 3 is 2.14 bits per heavy atom. The summed E-state index contributed by atoms with van der Waals surface area (Å²) >= 11 is 0. The molecule has 0 fully saturated rings. The first kappa shape index (κ1) is 17.3. The number of carbonyl (C=O) groups excluding carboxylic acids is 1. The van der Waals surface area contributed by atoms with Gasteiger partial charge in [0.1, 0.15) is 11.6 Å². The van der Waals surface area contributed by atoms with E-state index in [1.807, 2.05) is 91.0 Å². The zero-order valence-corrected chi connectivity index (χ0v) is 15.0. The fraction of sp³-hybridized carbons (Fsp3) is 0. The second-order valence-electron chi connectivity index (χ2n) is 6.35. The van der Waals surface area contributed by atoms with Crippen LogP contribution in [0.1, 0.15) is 5.56 Å². The average Bonchev–Trinajstić information content (AvgIpc) is 3.07. The largest absolute Gasteiger partial charge is 0.365 e. The van der Waals surface area contributed by atoms with Crippen molar-refractivity contribution in [3.63, 3.8) is 0 Å². The van der Waals surface area contributed by atoms with Gasteiger partial charge in [0.2, 0.25) is 0 Å². The number of amides is 1. The summed E-state index contributed by atoms with van der Waals surface area (Å²) in [6.45, 7) is 0. The molecule has 4 nitrogen and oxygen atoms in total. The molecule has 1 heterocycles. The lowest BCUT2D eigenvalue weighted by Gasteiger charge is -2.12. The molecule has 1 aromatic heterocycles. The number of rotatable bonds is 4. The molecule has 3 aromatic carbocycles. The number of benzene rings is 3. The molecule has 2 N–H and O–H groups in total. The van der Waals surface area contributed by atoms with E-state index in [0.29, 0.717) is 0 Å². The van der Waals surface area contributed by atoms with Gasteiger partial charge in [-0.05, 0) is 29.8 Å². The summed E-state index contributed by atoms with van der Waals surface area (Å²) in [5.74, 6) is -0.738. The molecular formula is C24H17N3O. The Morgan fingerprint density at radius 2 is 1.50 bits per heavy atom. The van der Waals surface area contributed by atoms with Crippen molar-refractivity contribution in [2.45, 2.75) is 0 Å². The van der Waals surface area contributed by atoms with E-state index in [2.05, 4.69) is 4.57 Å². The maximum absolute atomic E-state index is 11.7. The molecule has 0 saturated carbocycles. The summed E-state index contributed by atoms with van der Waals surface area (Å²) in [6.07, 6.45) is 1.59. The number of nitrogens with two attached hydrogens (primary N) is 1. The van der Waals surface area contributed by atoms with E-state index in [-0.39, 0.29) is 5.57 Å². The maximum Gasteiger partial charge on any atom is 0.259 e. The fourth-order valence-electron chi connectivity index (χ4n) is 3.44. The highest BCUT2D eigenvalue weighted by Crippen LogP contribution is 2.37. The van der Waals surface area contributed by atoms with E-state index in [1.54, 1.807) is 6.08 Å². The minimum absolute atomic E-state index is 0.0758. The number of primary amides is 1. The molecule has 0 aliphatic heterocycles. The van der Waals surface area contributed by atoms with Gasteiger partial charge in [-0.1, -0.05) is 66.7 Å². The van der Waals surface area contributed by atoms with Gasteiger partial charge in [-0.3, -0.25) is 4.79 Å². The Kier molecular flexibility index (Phi) is 4.49. The lowest BCUT2D eigenvalue weighted by Crippen LogP contribution is -2.12. The Bertz CT molecular complexity index is 1230. The quantitative estimate of drug-likeness (QED) is 0.422. The second-order valence-corrected chi connectivity index (χ2v) is 6.35. The van der Waals surface area contributed by atoms with Gasteiger partial charge in [0.25, 0.3) is 5.91 Å². The van der Waals surface area contributed by atoms with E-state index < -0.39 is 5.91 Å². The minimum Gasteiger partial charge on any atom is -0.365 e. The normalized spacial score (nSPS) is 11.3. The third kappa shape index (κ3) is 2.95. The number of para-hydroxylation sites is 2. The maximum atomic E-state index is 11.7. The zero-order chi connectivity index (χ0) is 19.5. The predicted octanol–water partition coefficient (Wildman–Crippen LogP) is 4.69. The van der Waals surface area contributed by atoms with Crippen LogP contribution in [-0.2, 0) is 4.79 Å². The van der Waals surface area contributed by atoms with Gasteiger partial charge in [-0.15, -0.1) is 0 Å². The van der Waals surface area contributed by atoms with Gasteiger partial charge >= 0.3 is 0 Å². The summed E-state index contributed by atoms with van der Waals surface area (Å²) in [7, 11) is 0. The van der Waals surface area contributed by atoms with Gasteiger partial charge in [-0.25, -0.2) is 0 Å². The van der Waals surface area contributed by atoms with Crippen molar-refractivity contribution in [1.82, 2.24) is 4.57 Å². The van der Waals surface area contributed by atoms with E-state index in [0.717, 1.165) is 33.4 Å². The number of hydrogen-bond donors (Lipinski definition) is 1. The molecule has 4 aromatic rings. The molecule has 0 bridgehead atoms. The van der Waals surface area contributed by atoms with E-state index >= 15 is 0 Å². The fourth-order valence-corrected chi connectivity index (χ4v) is 3.44. The molecule has 4 heteroatoms. The highest BCUT2D eigenvalue weighted by molar-refractivity contribution is 6.06. The molecular weight excluding hydrogens is 346 g/mol. The summed E-state index contributed by atoms with van der Waals surface area (Å²) < 4.78 is 2.15. The van der Waals surface area contributed by atoms with Gasteiger partial charge < -0.3 is 10.3 Å². The Hall–Kier alpha value is -4.10. The van der Waals surface area contributed by atoms with Gasteiger partial charge in [-0.2, -0.15) is 5.26 Å². The van der Waals surface area contributed by atoms with Crippen LogP contribution in [0.25, 0.3) is 33.9 Å². The Morgan fingerprint density at radius 1 is 0.893 bits per heavy atom. The highest BCUT2D eigenvalue weighted by Gasteiger charge is 2.19. The van der Waals surface area contributed by atoms with Crippen molar-refractivity contribution >= 4 is 22.9 Å². The van der Waals surface area contributed by atoms with Crippen molar-refractivity contribution in [3.8, 4) is 23.0 Å². The van der Waals surface area contributed by atoms with E-state index in [1.165, 1.54) is 0 Å². The molecule has 0 aliphatic carbocycles. The smallest absolute Gasteiger partial charge is 0.259 e. The summed E-state index contributed by atoms with van der Waals surface area (Å²) in [5.41, 5.74) is 9.99. The monoisotopic (exact) mass is 363 g/mol. The number of aromatic nitrogens is 1. The first-order chi connectivity index (χ1) is 13.7. The van der Waals surface area contributed by atoms with Crippen LogP contribution in [0, 0.1) is 11.3 Å². The van der Waals surface area contributed by atoms with Crippen LogP contribution < -0.4 is 5.73 Å². The lowest BCUT2D eigenvalue weighted by molar-refractivity contribution is -0.114. The summed E-state index contributed by atoms with van der Waals surface area (Å²) in [5, 5.41) is 10.3. The van der Waals surface area contributed by atoms with Crippen LogP contribution in [0.5, 0.6) is 0 Å². The second kappa shape index (κ2) is 7.26. The third-order valence-electron chi connectivity index (χ3n) is 4.65.